The Balaban J connectivity index is 1.86. The van der Waals surface area contributed by atoms with Gasteiger partial charge in [0.1, 0.15) is 12.4 Å². The van der Waals surface area contributed by atoms with Crippen molar-refractivity contribution in [2.75, 3.05) is 20.3 Å². The number of fused-ring (bicyclic) bond motifs is 1. The molecule has 0 spiro atoms. The molecular formula is C17H21NO2. The molecule has 1 N–H and O–H groups in total. The molecule has 106 valence electrons. The van der Waals surface area contributed by atoms with Gasteiger partial charge in [-0.25, -0.2) is 0 Å². The summed E-state index contributed by atoms with van der Waals surface area (Å²) in [5, 5.41) is 5.74. The van der Waals surface area contributed by atoms with Crippen LogP contribution in [0.5, 0.6) is 5.75 Å². The number of rotatable bonds is 5. The molecule has 0 radical (unpaired) electrons. The van der Waals surface area contributed by atoms with Gasteiger partial charge in [0.25, 0.3) is 0 Å². The summed E-state index contributed by atoms with van der Waals surface area (Å²) in [7, 11) is 1.96. The van der Waals surface area contributed by atoms with Crippen LogP contribution >= 0.6 is 0 Å². The van der Waals surface area contributed by atoms with Gasteiger partial charge in [0, 0.05) is 18.7 Å². The zero-order valence-electron chi connectivity index (χ0n) is 11.9. The SMILES string of the molecule is CNCc1c(OCC2CCCO2)ccc2ccccc12. The van der Waals surface area contributed by atoms with Gasteiger partial charge < -0.3 is 14.8 Å². The maximum Gasteiger partial charge on any atom is 0.124 e. The third-order valence-electron chi connectivity index (χ3n) is 3.80. The summed E-state index contributed by atoms with van der Waals surface area (Å²) in [6, 6.07) is 12.6. The van der Waals surface area contributed by atoms with Crippen molar-refractivity contribution >= 4 is 10.8 Å². The Labute approximate surface area is 119 Å². The third kappa shape index (κ3) is 2.79. The molecule has 1 aliphatic rings. The van der Waals surface area contributed by atoms with E-state index in [-0.39, 0.29) is 6.10 Å². The molecular weight excluding hydrogens is 250 g/mol. The molecule has 3 rings (SSSR count). The molecule has 2 aromatic carbocycles. The topological polar surface area (TPSA) is 30.5 Å². The van der Waals surface area contributed by atoms with Gasteiger partial charge in [-0.2, -0.15) is 0 Å². The van der Waals surface area contributed by atoms with Crippen molar-refractivity contribution in [3.05, 3.63) is 42.0 Å². The van der Waals surface area contributed by atoms with E-state index >= 15 is 0 Å². The highest BCUT2D eigenvalue weighted by Crippen LogP contribution is 2.28. The lowest BCUT2D eigenvalue weighted by Crippen LogP contribution is -2.17. The van der Waals surface area contributed by atoms with Gasteiger partial charge in [-0.1, -0.05) is 30.3 Å². The molecule has 1 heterocycles. The first kappa shape index (κ1) is 13.4. The fraction of sp³-hybridized carbons (Fsp3) is 0.412. The first-order valence-corrected chi connectivity index (χ1v) is 7.28. The Bertz CT molecular complexity index is 576. The second kappa shape index (κ2) is 6.25. The van der Waals surface area contributed by atoms with Gasteiger partial charge in [-0.05, 0) is 36.7 Å². The third-order valence-corrected chi connectivity index (χ3v) is 3.80. The van der Waals surface area contributed by atoms with Gasteiger partial charge in [-0.3, -0.25) is 0 Å². The Morgan fingerprint density at radius 2 is 2.15 bits per heavy atom. The Hall–Kier alpha value is -1.58. The molecule has 0 amide bonds. The molecule has 1 aliphatic heterocycles. The van der Waals surface area contributed by atoms with Crippen LogP contribution in [0.1, 0.15) is 18.4 Å². The summed E-state index contributed by atoms with van der Waals surface area (Å²) in [5.74, 6) is 0.966. The number of hydrogen-bond acceptors (Lipinski definition) is 3. The second-order valence-corrected chi connectivity index (χ2v) is 5.24. The van der Waals surface area contributed by atoms with E-state index in [4.69, 9.17) is 9.47 Å². The summed E-state index contributed by atoms with van der Waals surface area (Å²) in [6.45, 7) is 2.33. The predicted octanol–water partition coefficient (Wildman–Crippen LogP) is 3.12. The minimum Gasteiger partial charge on any atom is -0.491 e. The lowest BCUT2D eigenvalue weighted by Gasteiger charge is -2.16. The number of hydrogen-bond donors (Lipinski definition) is 1. The van der Waals surface area contributed by atoms with Crippen LogP contribution in [-0.2, 0) is 11.3 Å². The van der Waals surface area contributed by atoms with Crippen molar-refractivity contribution in [2.45, 2.75) is 25.5 Å². The molecule has 1 atom stereocenters. The van der Waals surface area contributed by atoms with Crippen LogP contribution in [0.4, 0.5) is 0 Å². The lowest BCUT2D eigenvalue weighted by molar-refractivity contribution is 0.0676. The fourth-order valence-corrected chi connectivity index (χ4v) is 2.77. The van der Waals surface area contributed by atoms with Crippen LogP contribution in [0.25, 0.3) is 10.8 Å². The monoisotopic (exact) mass is 271 g/mol. The largest absolute Gasteiger partial charge is 0.491 e. The summed E-state index contributed by atoms with van der Waals surface area (Å²) in [5.41, 5.74) is 1.23. The fourth-order valence-electron chi connectivity index (χ4n) is 2.77. The minimum atomic E-state index is 0.254. The van der Waals surface area contributed by atoms with Crippen LogP contribution in [0.2, 0.25) is 0 Å². The average Bonchev–Trinajstić information content (AvgIpc) is 3.00. The number of nitrogens with one attached hydrogen (secondary N) is 1. The van der Waals surface area contributed by atoms with Crippen molar-refractivity contribution in [2.24, 2.45) is 0 Å². The van der Waals surface area contributed by atoms with Gasteiger partial charge in [0.05, 0.1) is 6.10 Å². The van der Waals surface area contributed by atoms with Gasteiger partial charge in [0.15, 0.2) is 0 Å². The van der Waals surface area contributed by atoms with Crippen molar-refractivity contribution in [1.29, 1.82) is 0 Å². The highest BCUT2D eigenvalue weighted by atomic mass is 16.5. The van der Waals surface area contributed by atoms with E-state index < -0.39 is 0 Å². The van der Waals surface area contributed by atoms with Crippen LogP contribution in [0.15, 0.2) is 36.4 Å². The molecule has 1 unspecified atom stereocenters. The van der Waals surface area contributed by atoms with E-state index in [1.54, 1.807) is 0 Å². The van der Waals surface area contributed by atoms with E-state index in [9.17, 15) is 0 Å². The highest BCUT2D eigenvalue weighted by Gasteiger charge is 2.17. The standard InChI is InChI=1S/C17H21NO2/c1-18-11-16-15-7-3-2-5-13(15)8-9-17(16)20-12-14-6-4-10-19-14/h2-3,5,7-9,14,18H,4,6,10-12H2,1H3. The van der Waals surface area contributed by atoms with Gasteiger partial charge in [-0.15, -0.1) is 0 Å². The van der Waals surface area contributed by atoms with E-state index in [0.717, 1.165) is 31.7 Å². The van der Waals surface area contributed by atoms with Crippen LogP contribution in [-0.4, -0.2) is 26.4 Å². The van der Waals surface area contributed by atoms with Crippen LogP contribution in [0.3, 0.4) is 0 Å². The normalized spacial score (nSPS) is 18.6. The van der Waals surface area contributed by atoms with Crippen molar-refractivity contribution < 1.29 is 9.47 Å². The quantitative estimate of drug-likeness (QED) is 0.906. The number of ether oxygens (including phenoxy) is 2. The minimum absolute atomic E-state index is 0.254. The molecule has 3 nitrogen and oxygen atoms in total. The highest BCUT2D eigenvalue weighted by molar-refractivity contribution is 5.87. The maximum absolute atomic E-state index is 6.02. The Morgan fingerprint density at radius 3 is 2.95 bits per heavy atom. The smallest absolute Gasteiger partial charge is 0.124 e. The Morgan fingerprint density at radius 1 is 1.25 bits per heavy atom. The van der Waals surface area contributed by atoms with E-state index in [1.165, 1.54) is 16.3 Å². The lowest BCUT2D eigenvalue weighted by atomic mass is 10.0. The van der Waals surface area contributed by atoms with Crippen molar-refractivity contribution in [3.8, 4) is 5.75 Å². The van der Waals surface area contributed by atoms with E-state index in [2.05, 4.69) is 41.7 Å². The molecule has 1 fully saturated rings. The zero-order chi connectivity index (χ0) is 13.8. The van der Waals surface area contributed by atoms with Crippen molar-refractivity contribution in [3.63, 3.8) is 0 Å². The summed E-state index contributed by atoms with van der Waals surface area (Å²) in [6.07, 6.45) is 2.51. The molecule has 0 aromatic heterocycles. The molecule has 3 heteroatoms. The molecule has 2 aromatic rings. The van der Waals surface area contributed by atoms with E-state index in [1.807, 2.05) is 7.05 Å². The summed E-state index contributed by atoms with van der Waals surface area (Å²) in [4.78, 5) is 0. The van der Waals surface area contributed by atoms with Gasteiger partial charge >= 0.3 is 0 Å². The molecule has 0 bridgehead atoms. The zero-order valence-corrected chi connectivity index (χ0v) is 11.9. The predicted molar refractivity (Wildman–Crippen MR) is 81.2 cm³/mol. The second-order valence-electron chi connectivity index (χ2n) is 5.24. The first-order chi connectivity index (χ1) is 9.88. The molecule has 0 aliphatic carbocycles. The van der Waals surface area contributed by atoms with E-state index in [0.29, 0.717) is 6.61 Å². The molecule has 1 saturated heterocycles. The van der Waals surface area contributed by atoms with Crippen LogP contribution in [0, 0.1) is 0 Å². The Kier molecular flexibility index (Phi) is 4.19. The average molecular weight is 271 g/mol. The molecule has 0 saturated carbocycles. The maximum atomic E-state index is 6.02. The first-order valence-electron chi connectivity index (χ1n) is 7.28. The summed E-state index contributed by atoms with van der Waals surface area (Å²) >= 11 is 0. The summed E-state index contributed by atoms with van der Waals surface area (Å²) < 4.78 is 11.6. The van der Waals surface area contributed by atoms with Gasteiger partial charge in [0.2, 0.25) is 0 Å². The van der Waals surface area contributed by atoms with Crippen LogP contribution < -0.4 is 10.1 Å². The van der Waals surface area contributed by atoms with Crippen molar-refractivity contribution in [1.82, 2.24) is 5.32 Å². The molecule has 20 heavy (non-hydrogen) atoms. The number of benzene rings is 2.